The third-order valence-electron chi connectivity index (χ3n) is 4.47. The molecule has 0 fully saturated rings. The number of unbranched alkanes of at least 4 members (excludes halogenated alkanes) is 8. The highest BCUT2D eigenvalue weighted by molar-refractivity contribution is 8.76. The molecule has 1 N–H and O–H groups in total. The largest absolute Gasteiger partial charge is 0.379 e. The molecule has 8 heteroatoms. The Morgan fingerprint density at radius 2 is 1.00 bits per heavy atom. The van der Waals surface area contributed by atoms with E-state index in [-0.39, 0.29) is 0 Å². The fourth-order valence-corrected chi connectivity index (χ4v) is 5.19. The minimum atomic E-state index is 0.609. The fourth-order valence-electron chi connectivity index (χ4n) is 2.73. The van der Waals surface area contributed by atoms with Gasteiger partial charge in [0.1, 0.15) is 0 Å². The molecule has 0 aliphatic carbocycles. The Hall–Kier alpha value is 0.560. The van der Waals surface area contributed by atoms with Gasteiger partial charge in [0, 0.05) is 18.1 Å². The summed E-state index contributed by atoms with van der Waals surface area (Å²) in [5.74, 6) is 3.42. The second kappa shape index (κ2) is 30.6. The summed E-state index contributed by atoms with van der Waals surface area (Å²) < 4.78 is 22.2. The van der Waals surface area contributed by atoms with E-state index in [0.717, 1.165) is 44.0 Å². The molecule has 0 saturated heterocycles. The van der Waals surface area contributed by atoms with Gasteiger partial charge < -0.3 is 24.4 Å². The normalized spacial score (nSPS) is 11.3. The lowest BCUT2D eigenvalue weighted by molar-refractivity contribution is -0.000584. The van der Waals surface area contributed by atoms with E-state index in [0.29, 0.717) is 39.6 Å². The number of hydrogen-bond acceptors (Lipinski definition) is 8. The van der Waals surface area contributed by atoms with Crippen LogP contribution >= 0.6 is 33.3 Å². The summed E-state index contributed by atoms with van der Waals surface area (Å²) in [6.45, 7) is 5.42. The second-order valence-electron chi connectivity index (χ2n) is 7.26. The van der Waals surface area contributed by atoms with E-state index < -0.39 is 0 Å². The van der Waals surface area contributed by atoms with E-state index in [2.05, 4.69) is 6.26 Å². The summed E-state index contributed by atoms with van der Waals surface area (Å²) in [5.41, 5.74) is 0. The zero-order valence-corrected chi connectivity index (χ0v) is 22.2. The molecule has 31 heavy (non-hydrogen) atoms. The van der Waals surface area contributed by atoms with Crippen molar-refractivity contribution in [3.63, 3.8) is 0 Å². The van der Waals surface area contributed by atoms with E-state index in [1.54, 1.807) is 0 Å². The smallest absolute Gasteiger partial charge is 0.0701 e. The lowest BCUT2D eigenvalue weighted by atomic mass is 10.1. The predicted octanol–water partition coefficient (Wildman–Crippen LogP) is 6.35. The van der Waals surface area contributed by atoms with Crippen molar-refractivity contribution in [3.05, 3.63) is 0 Å². The van der Waals surface area contributed by atoms with Crippen LogP contribution in [0.4, 0.5) is 0 Å². The van der Waals surface area contributed by atoms with Crippen LogP contribution in [0.25, 0.3) is 0 Å². The summed E-state index contributed by atoms with van der Waals surface area (Å²) in [6.07, 6.45) is 16.4. The molecule has 0 spiro atoms. The van der Waals surface area contributed by atoms with Crippen LogP contribution in [0.1, 0.15) is 64.2 Å². The van der Waals surface area contributed by atoms with Crippen LogP contribution in [-0.4, -0.2) is 82.6 Å². The molecule has 0 unspecified atom stereocenters. The van der Waals surface area contributed by atoms with Crippen LogP contribution in [0.15, 0.2) is 0 Å². The molecule has 0 amide bonds. The summed E-state index contributed by atoms with van der Waals surface area (Å²) in [4.78, 5) is 0. The molecule has 0 aromatic rings. The standard InChI is InChI=1S/C23H47NO4S3/c1-29-21-10-7-5-3-2-4-6-9-13-25-14-15-26-16-17-27-18-19-28-20-23-31-30-22-11-8-12-24/h12,24H,2-11,13-23H2,1H3. The van der Waals surface area contributed by atoms with Crippen molar-refractivity contribution in [2.45, 2.75) is 64.2 Å². The van der Waals surface area contributed by atoms with Gasteiger partial charge in [0.05, 0.1) is 46.2 Å². The Bertz CT molecular complexity index is 342. The van der Waals surface area contributed by atoms with Gasteiger partial charge in [-0.05, 0) is 43.9 Å². The number of thioether (sulfide) groups is 1. The van der Waals surface area contributed by atoms with Gasteiger partial charge in [-0.3, -0.25) is 0 Å². The van der Waals surface area contributed by atoms with Crippen molar-refractivity contribution in [1.82, 2.24) is 0 Å². The Kier molecular flexibility index (Phi) is 31.1. The Labute approximate surface area is 204 Å². The lowest BCUT2D eigenvalue weighted by Gasteiger charge is -2.07. The van der Waals surface area contributed by atoms with Crippen molar-refractivity contribution >= 4 is 39.6 Å². The van der Waals surface area contributed by atoms with Gasteiger partial charge in [0.15, 0.2) is 0 Å². The molecule has 5 nitrogen and oxygen atoms in total. The quantitative estimate of drug-likeness (QED) is 0.0768. The zero-order valence-electron chi connectivity index (χ0n) is 19.8. The average molecular weight is 498 g/mol. The van der Waals surface area contributed by atoms with Crippen molar-refractivity contribution in [1.29, 1.82) is 5.41 Å². The van der Waals surface area contributed by atoms with Crippen molar-refractivity contribution < 1.29 is 18.9 Å². The molecule has 186 valence electrons. The molecule has 0 aliphatic heterocycles. The summed E-state index contributed by atoms with van der Waals surface area (Å²) in [5, 5.41) is 6.96. The first kappa shape index (κ1) is 31.6. The van der Waals surface area contributed by atoms with Crippen molar-refractivity contribution in [2.75, 3.05) is 76.4 Å². The minimum absolute atomic E-state index is 0.609. The summed E-state index contributed by atoms with van der Waals surface area (Å²) >= 11 is 1.96. The number of rotatable bonds is 28. The van der Waals surface area contributed by atoms with E-state index >= 15 is 0 Å². The molecule has 0 aromatic heterocycles. The van der Waals surface area contributed by atoms with Crippen molar-refractivity contribution in [3.8, 4) is 0 Å². The van der Waals surface area contributed by atoms with Gasteiger partial charge in [-0.15, -0.1) is 0 Å². The van der Waals surface area contributed by atoms with Crippen LogP contribution < -0.4 is 0 Å². The van der Waals surface area contributed by atoms with E-state index in [1.165, 1.54) is 56.9 Å². The first-order valence-electron chi connectivity index (χ1n) is 11.9. The summed E-state index contributed by atoms with van der Waals surface area (Å²) in [6, 6.07) is 0. The maximum atomic E-state index is 6.96. The average Bonchev–Trinajstić information content (AvgIpc) is 2.78. The second-order valence-corrected chi connectivity index (χ2v) is 10.9. The zero-order chi connectivity index (χ0) is 22.5. The Morgan fingerprint density at radius 3 is 1.58 bits per heavy atom. The topological polar surface area (TPSA) is 60.8 Å². The predicted molar refractivity (Wildman–Crippen MR) is 142 cm³/mol. The lowest BCUT2D eigenvalue weighted by Crippen LogP contribution is -2.12. The van der Waals surface area contributed by atoms with E-state index in [4.69, 9.17) is 24.4 Å². The highest BCUT2D eigenvalue weighted by Gasteiger charge is 1.96. The molecule has 0 radical (unpaired) electrons. The van der Waals surface area contributed by atoms with Gasteiger partial charge in [-0.25, -0.2) is 0 Å². The van der Waals surface area contributed by atoms with Crippen LogP contribution in [0.5, 0.6) is 0 Å². The summed E-state index contributed by atoms with van der Waals surface area (Å²) in [7, 11) is 3.70. The first-order chi connectivity index (χ1) is 15.4. The maximum absolute atomic E-state index is 6.96. The highest BCUT2D eigenvalue weighted by atomic mass is 33.1. The number of nitrogens with one attached hydrogen (secondary N) is 1. The molecule has 0 heterocycles. The monoisotopic (exact) mass is 497 g/mol. The van der Waals surface area contributed by atoms with E-state index in [9.17, 15) is 0 Å². The van der Waals surface area contributed by atoms with Crippen LogP contribution in [-0.2, 0) is 18.9 Å². The SMILES string of the molecule is CSCCCCCCCCCCOCCOCCOCCOCCSSCCCC=N. The fraction of sp³-hybridized carbons (Fsp3) is 0.957. The van der Waals surface area contributed by atoms with Gasteiger partial charge >= 0.3 is 0 Å². The van der Waals surface area contributed by atoms with Crippen LogP contribution in [0.3, 0.4) is 0 Å². The molecule has 0 bridgehead atoms. The number of ether oxygens (including phenoxy) is 4. The maximum Gasteiger partial charge on any atom is 0.0701 e. The molecule has 0 saturated carbocycles. The Morgan fingerprint density at radius 1 is 0.516 bits per heavy atom. The molecular formula is C23H47NO4S3. The first-order valence-corrected chi connectivity index (χ1v) is 15.8. The molecule has 0 aromatic carbocycles. The van der Waals surface area contributed by atoms with Gasteiger partial charge in [0.25, 0.3) is 0 Å². The molecule has 0 aliphatic rings. The van der Waals surface area contributed by atoms with Crippen LogP contribution in [0.2, 0.25) is 0 Å². The number of hydrogen-bond donors (Lipinski definition) is 1. The molecule has 0 rings (SSSR count). The van der Waals surface area contributed by atoms with Gasteiger partial charge in [-0.1, -0.05) is 60.1 Å². The minimum Gasteiger partial charge on any atom is -0.379 e. The van der Waals surface area contributed by atoms with Gasteiger partial charge in [0.2, 0.25) is 0 Å². The molecule has 0 atom stereocenters. The Balaban J connectivity index is 2.98. The van der Waals surface area contributed by atoms with Crippen LogP contribution in [0, 0.1) is 5.41 Å². The third kappa shape index (κ3) is 30.6. The van der Waals surface area contributed by atoms with E-state index in [1.807, 2.05) is 33.3 Å². The molecular weight excluding hydrogens is 450 g/mol. The third-order valence-corrected chi connectivity index (χ3v) is 7.63. The van der Waals surface area contributed by atoms with Gasteiger partial charge in [-0.2, -0.15) is 11.8 Å². The highest BCUT2D eigenvalue weighted by Crippen LogP contribution is 2.21. The van der Waals surface area contributed by atoms with Crippen molar-refractivity contribution in [2.24, 2.45) is 0 Å².